The third kappa shape index (κ3) is 8.56. The maximum Gasteiger partial charge on any atom is 0.305 e. The Morgan fingerprint density at radius 1 is 0.833 bits per heavy atom. The Labute approximate surface area is 321 Å². The third-order valence-corrected chi connectivity index (χ3v) is 16.8. The predicted molar refractivity (Wildman–Crippen MR) is 221 cm³/mol. The number of carboxylic acid groups (broad SMARTS) is 1. The molecule has 0 saturated carbocycles. The molecule has 0 bridgehead atoms. The fourth-order valence-electron chi connectivity index (χ4n) is 7.47. The summed E-state index contributed by atoms with van der Waals surface area (Å²) in [5.41, 5.74) is 8.15. The van der Waals surface area contributed by atoms with E-state index in [1.165, 1.54) is 19.2 Å². The van der Waals surface area contributed by atoms with Crippen LogP contribution in [0.15, 0.2) is 115 Å². The van der Waals surface area contributed by atoms with Gasteiger partial charge in [0.25, 0.3) is 15.7 Å². The Balaban J connectivity index is 1.72. The fraction of sp³-hybridized carbons (Fsp3) is 0.311. The lowest BCUT2D eigenvalue weighted by atomic mass is 9.95. The van der Waals surface area contributed by atoms with Gasteiger partial charge in [-0.2, -0.15) is 0 Å². The molecule has 0 radical (unpaired) electrons. The molecule has 0 aliphatic rings. The quantitative estimate of drug-likeness (QED) is 0.0734. The lowest BCUT2D eigenvalue weighted by Crippen LogP contribution is -2.68. The zero-order valence-electron chi connectivity index (χ0n) is 32.5. The molecule has 0 amide bonds. The van der Waals surface area contributed by atoms with Crippen molar-refractivity contribution >= 4 is 32.0 Å². The zero-order chi connectivity index (χ0) is 39.3. The van der Waals surface area contributed by atoms with Crippen molar-refractivity contribution < 1.29 is 27.8 Å². The first-order valence-electron chi connectivity index (χ1n) is 18.4. The molecule has 9 heteroatoms. The lowest BCUT2D eigenvalue weighted by molar-refractivity contribution is -0.138. The molecule has 4 aromatic carbocycles. The topological polar surface area (TPSA) is 77.8 Å². The molecule has 1 N–H and O–H groups in total. The standard InChI is InChI=1S/C45H51FNO5PSi/c1-32(2)43-40(42(34-24-26-36(46)27-25-34)44(47(43)33(3)4)35-18-12-9-13-19-35)28-29-53(50,51-8)31-37(30-41(48)49)52-54(45(5,6)7,38-20-14-10-15-21-38)39-22-16-11-17-23-39/h9-27,32-33,37H,30-31H2,1-8H3,(H,48,49)/t37-,53?/m0/s1. The number of rotatable bonds is 13. The molecule has 2 atom stereocenters. The van der Waals surface area contributed by atoms with Gasteiger partial charge in [0.15, 0.2) is 0 Å². The van der Waals surface area contributed by atoms with Gasteiger partial charge in [0.2, 0.25) is 0 Å². The number of hydrogen-bond donors (Lipinski definition) is 1. The SMILES string of the molecule is COP(=O)(C#Cc1c(-c2ccc(F)cc2)c(-c2ccccc2)n(C(C)C)c1C(C)C)C[C@H](CC(=O)O)O[Si](c1ccccc1)(c1ccccc1)C(C)(C)C. The number of aromatic nitrogens is 1. The molecule has 5 rings (SSSR count). The second kappa shape index (κ2) is 16.9. The fourth-order valence-corrected chi connectivity index (χ4v) is 13.6. The Kier molecular flexibility index (Phi) is 12.7. The molecule has 1 heterocycles. The average Bonchev–Trinajstić information content (AvgIpc) is 3.49. The van der Waals surface area contributed by atoms with E-state index in [4.69, 9.17) is 8.95 Å². The highest BCUT2D eigenvalue weighted by Gasteiger charge is 2.52. The Bertz CT molecular complexity index is 2110. The molecule has 0 fully saturated rings. The van der Waals surface area contributed by atoms with Crippen LogP contribution in [0.5, 0.6) is 0 Å². The molecule has 282 valence electrons. The van der Waals surface area contributed by atoms with Crippen LogP contribution in [0.4, 0.5) is 4.39 Å². The normalized spacial score (nSPS) is 13.7. The van der Waals surface area contributed by atoms with Gasteiger partial charge in [0.05, 0.1) is 29.9 Å². The van der Waals surface area contributed by atoms with Crippen molar-refractivity contribution in [3.05, 3.63) is 132 Å². The van der Waals surface area contributed by atoms with Crippen LogP contribution in [-0.4, -0.2) is 43.3 Å². The minimum absolute atomic E-state index is 0.00790. The van der Waals surface area contributed by atoms with Gasteiger partial charge < -0.3 is 18.6 Å². The van der Waals surface area contributed by atoms with E-state index < -0.39 is 32.8 Å². The van der Waals surface area contributed by atoms with E-state index >= 15 is 0 Å². The van der Waals surface area contributed by atoms with Gasteiger partial charge in [-0.1, -0.05) is 144 Å². The van der Waals surface area contributed by atoms with Crippen molar-refractivity contribution in [3.8, 4) is 34.0 Å². The summed E-state index contributed by atoms with van der Waals surface area (Å²) >= 11 is 0. The maximum atomic E-state index is 14.9. The van der Waals surface area contributed by atoms with E-state index in [9.17, 15) is 18.9 Å². The number of hydrogen-bond acceptors (Lipinski definition) is 4. The van der Waals surface area contributed by atoms with Gasteiger partial charge in [-0.25, -0.2) is 4.39 Å². The molecule has 6 nitrogen and oxygen atoms in total. The minimum Gasteiger partial charge on any atom is -0.481 e. The predicted octanol–water partition coefficient (Wildman–Crippen LogP) is 10.3. The van der Waals surface area contributed by atoms with Gasteiger partial charge in [-0.3, -0.25) is 9.36 Å². The monoisotopic (exact) mass is 763 g/mol. The number of nitrogens with zero attached hydrogens (tertiary/aromatic N) is 1. The van der Waals surface area contributed by atoms with Gasteiger partial charge in [0.1, 0.15) is 5.82 Å². The first-order chi connectivity index (χ1) is 25.6. The van der Waals surface area contributed by atoms with Crippen LogP contribution in [0.25, 0.3) is 22.4 Å². The molecule has 0 spiro atoms. The van der Waals surface area contributed by atoms with Gasteiger partial charge in [-0.05, 0) is 64.1 Å². The maximum absolute atomic E-state index is 14.9. The van der Waals surface area contributed by atoms with E-state index in [2.05, 4.69) is 64.6 Å². The highest BCUT2D eigenvalue weighted by molar-refractivity contribution is 7.64. The number of benzene rings is 4. The van der Waals surface area contributed by atoms with Crippen molar-refractivity contribution in [2.24, 2.45) is 0 Å². The summed E-state index contributed by atoms with van der Waals surface area (Å²) in [6, 6.07) is 36.3. The Morgan fingerprint density at radius 3 is 1.80 bits per heavy atom. The largest absolute Gasteiger partial charge is 0.481 e. The minimum atomic E-state index is -3.87. The van der Waals surface area contributed by atoms with Crippen LogP contribution in [0.2, 0.25) is 5.04 Å². The summed E-state index contributed by atoms with van der Waals surface area (Å²) in [6.07, 6.45) is -1.61. The number of carbonyl (C=O) groups is 1. The van der Waals surface area contributed by atoms with Crippen molar-refractivity contribution in [2.75, 3.05) is 13.3 Å². The van der Waals surface area contributed by atoms with Crippen LogP contribution < -0.4 is 10.4 Å². The van der Waals surface area contributed by atoms with Crippen LogP contribution in [0, 0.1) is 17.4 Å². The summed E-state index contributed by atoms with van der Waals surface area (Å²) in [7, 11) is -5.75. The Hall–Kier alpha value is -4.51. The van der Waals surface area contributed by atoms with Crippen molar-refractivity contribution in [2.45, 2.75) is 78.0 Å². The number of halogens is 1. The van der Waals surface area contributed by atoms with Crippen LogP contribution in [0.1, 0.15) is 78.1 Å². The number of carboxylic acids is 1. The molecule has 0 aliphatic heterocycles. The molecule has 5 aromatic rings. The molecule has 1 aromatic heterocycles. The summed E-state index contributed by atoms with van der Waals surface area (Å²) in [5.74, 6) is 1.91. The smallest absolute Gasteiger partial charge is 0.305 e. The van der Waals surface area contributed by atoms with E-state index in [1.807, 2.05) is 91.0 Å². The summed E-state index contributed by atoms with van der Waals surface area (Å²) in [4.78, 5) is 12.5. The first kappa shape index (κ1) is 40.7. The molecule has 1 unspecified atom stereocenters. The van der Waals surface area contributed by atoms with Crippen molar-refractivity contribution in [1.82, 2.24) is 4.57 Å². The second-order valence-corrected chi connectivity index (χ2v) is 21.8. The second-order valence-electron chi connectivity index (χ2n) is 15.3. The highest BCUT2D eigenvalue weighted by atomic mass is 31.2. The van der Waals surface area contributed by atoms with E-state index in [-0.39, 0.29) is 30.4 Å². The van der Waals surface area contributed by atoms with Crippen LogP contribution in [0.3, 0.4) is 0 Å². The molecular weight excluding hydrogens is 713 g/mol. The number of aliphatic carboxylic acids is 1. The molecule has 54 heavy (non-hydrogen) atoms. The van der Waals surface area contributed by atoms with Gasteiger partial charge >= 0.3 is 5.97 Å². The van der Waals surface area contributed by atoms with Crippen molar-refractivity contribution in [1.29, 1.82) is 0 Å². The Morgan fingerprint density at radius 2 is 1.35 bits per heavy atom. The van der Waals surface area contributed by atoms with Gasteiger partial charge in [-0.15, -0.1) is 0 Å². The first-order valence-corrected chi connectivity index (χ1v) is 22.1. The molecule has 0 aliphatic carbocycles. The van der Waals surface area contributed by atoms with Crippen LogP contribution >= 0.6 is 7.37 Å². The average molecular weight is 764 g/mol. The van der Waals surface area contributed by atoms with Crippen LogP contribution in [-0.2, 0) is 18.3 Å². The lowest BCUT2D eigenvalue weighted by Gasteiger charge is -2.45. The van der Waals surface area contributed by atoms with E-state index in [0.717, 1.165) is 38.5 Å². The molecular formula is C45H51FNO5PSi. The summed E-state index contributed by atoms with van der Waals surface area (Å²) in [6.45, 7) is 14.8. The van der Waals surface area contributed by atoms with Crippen molar-refractivity contribution in [3.63, 3.8) is 0 Å². The highest BCUT2D eigenvalue weighted by Crippen LogP contribution is 2.49. The van der Waals surface area contributed by atoms with E-state index in [0.29, 0.717) is 5.56 Å². The van der Waals surface area contributed by atoms with Gasteiger partial charge in [0, 0.05) is 24.4 Å². The van der Waals surface area contributed by atoms with E-state index in [1.54, 1.807) is 12.1 Å². The molecule has 0 saturated heterocycles. The summed E-state index contributed by atoms with van der Waals surface area (Å²) < 4.78 is 44.5. The zero-order valence-corrected chi connectivity index (χ0v) is 34.4. The summed E-state index contributed by atoms with van der Waals surface area (Å²) in [5, 5.41) is 11.7. The third-order valence-electron chi connectivity index (χ3n) is 9.74.